The highest BCUT2D eigenvalue weighted by Crippen LogP contribution is 2.36. The van der Waals surface area contributed by atoms with E-state index in [-0.39, 0.29) is 11.0 Å². The number of carbonyl (C=O) groups excluding carboxylic acids is 1. The second-order valence-electron chi connectivity index (χ2n) is 7.77. The third-order valence-electron chi connectivity index (χ3n) is 4.77. The summed E-state index contributed by atoms with van der Waals surface area (Å²) >= 11 is 0. The van der Waals surface area contributed by atoms with Gasteiger partial charge in [0, 0.05) is 12.5 Å². The number of aldehydes is 1. The third kappa shape index (κ3) is 4.47. The third-order valence-corrected chi connectivity index (χ3v) is 9.81. The van der Waals surface area contributed by atoms with Crippen LogP contribution in [0.5, 0.6) is 0 Å². The highest BCUT2D eigenvalue weighted by molar-refractivity contribution is 6.99. The summed E-state index contributed by atoms with van der Waals surface area (Å²) in [4.78, 5) is 10.9. The Kier molecular flexibility index (Phi) is 6.74. The van der Waals surface area contributed by atoms with Gasteiger partial charge in [0.05, 0.1) is 0 Å². The van der Waals surface area contributed by atoms with Gasteiger partial charge in [-0.2, -0.15) is 0 Å². The maximum Gasteiger partial charge on any atom is 0.261 e. The van der Waals surface area contributed by atoms with E-state index in [1.54, 1.807) is 0 Å². The minimum atomic E-state index is -2.42. The fourth-order valence-electron chi connectivity index (χ4n) is 3.46. The van der Waals surface area contributed by atoms with Crippen molar-refractivity contribution in [2.75, 3.05) is 6.61 Å². The van der Waals surface area contributed by atoms with Crippen LogP contribution in [0.25, 0.3) is 0 Å². The van der Waals surface area contributed by atoms with E-state index in [4.69, 9.17) is 4.43 Å². The van der Waals surface area contributed by atoms with Gasteiger partial charge >= 0.3 is 0 Å². The van der Waals surface area contributed by atoms with Crippen LogP contribution < -0.4 is 10.4 Å². The molecule has 0 aliphatic heterocycles. The predicted octanol–water partition coefficient (Wildman–Crippen LogP) is 4.18. The molecule has 0 aromatic heterocycles. The first kappa shape index (κ1) is 19.6. The van der Waals surface area contributed by atoms with E-state index in [2.05, 4.69) is 81.4 Å². The Balaban J connectivity index is 2.40. The number of benzene rings is 2. The van der Waals surface area contributed by atoms with Crippen molar-refractivity contribution in [1.29, 1.82) is 0 Å². The first-order chi connectivity index (χ1) is 11.9. The molecule has 0 saturated heterocycles. The smallest absolute Gasteiger partial charge is 0.261 e. The predicted molar refractivity (Wildman–Crippen MR) is 108 cm³/mol. The summed E-state index contributed by atoms with van der Waals surface area (Å²) in [5.74, 6) is 0.0998. The zero-order valence-corrected chi connectivity index (χ0v) is 16.9. The first-order valence-corrected chi connectivity index (χ1v) is 11.0. The largest absolute Gasteiger partial charge is 0.407 e. The summed E-state index contributed by atoms with van der Waals surface area (Å²) in [6.07, 6.45) is 2.81. The molecule has 25 heavy (non-hydrogen) atoms. The van der Waals surface area contributed by atoms with Crippen LogP contribution in [-0.4, -0.2) is 21.2 Å². The van der Waals surface area contributed by atoms with Gasteiger partial charge in [0.2, 0.25) is 0 Å². The zero-order chi connectivity index (χ0) is 18.3. The van der Waals surface area contributed by atoms with Crippen molar-refractivity contribution in [2.45, 2.75) is 45.6 Å². The standard InChI is InChI=1S/C22H30O2Si/c1-19(18-23)12-11-17-24-25(22(2,3)4,20-13-7-5-8-14-20)21-15-9-6-10-16-21/h5-10,13-16,18-19H,11-12,17H2,1-4H3/t19-/m0/s1. The summed E-state index contributed by atoms with van der Waals surface area (Å²) in [6.45, 7) is 9.51. The van der Waals surface area contributed by atoms with Crippen LogP contribution in [0.3, 0.4) is 0 Å². The van der Waals surface area contributed by atoms with Gasteiger partial charge in [-0.3, -0.25) is 0 Å². The van der Waals surface area contributed by atoms with E-state index < -0.39 is 8.32 Å². The molecule has 2 aromatic carbocycles. The lowest BCUT2D eigenvalue weighted by molar-refractivity contribution is -0.110. The van der Waals surface area contributed by atoms with Crippen molar-refractivity contribution in [2.24, 2.45) is 5.92 Å². The minimum Gasteiger partial charge on any atom is -0.407 e. The molecule has 2 nitrogen and oxygen atoms in total. The molecule has 2 aromatic rings. The quantitative estimate of drug-likeness (QED) is 0.404. The number of carbonyl (C=O) groups is 1. The molecule has 1 atom stereocenters. The van der Waals surface area contributed by atoms with Crippen LogP contribution in [0.2, 0.25) is 5.04 Å². The van der Waals surface area contributed by atoms with Crippen LogP contribution in [-0.2, 0) is 9.22 Å². The topological polar surface area (TPSA) is 26.3 Å². The fourth-order valence-corrected chi connectivity index (χ4v) is 8.07. The van der Waals surface area contributed by atoms with Gasteiger partial charge in [-0.05, 0) is 28.3 Å². The average Bonchev–Trinajstić information content (AvgIpc) is 2.62. The average molecular weight is 355 g/mol. The molecule has 0 unspecified atom stereocenters. The molecule has 0 heterocycles. The van der Waals surface area contributed by atoms with Gasteiger partial charge in [-0.1, -0.05) is 88.4 Å². The lowest BCUT2D eigenvalue weighted by Crippen LogP contribution is -2.66. The fraction of sp³-hybridized carbons (Fsp3) is 0.409. The molecule has 0 aliphatic rings. The van der Waals surface area contributed by atoms with E-state index in [1.165, 1.54) is 10.4 Å². The SMILES string of the molecule is C[C@H](C=O)CCCO[Si](c1ccccc1)(c1ccccc1)C(C)(C)C. The minimum absolute atomic E-state index is 0.00593. The summed E-state index contributed by atoms with van der Waals surface area (Å²) in [6, 6.07) is 21.3. The van der Waals surface area contributed by atoms with E-state index >= 15 is 0 Å². The molecule has 0 saturated carbocycles. The first-order valence-electron chi connectivity index (χ1n) is 9.12. The maximum atomic E-state index is 10.9. The highest BCUT2D eigenvalue weighted by Gasteiger charge is 2.49. The Morgan fingerprint density at radius 1 is 0.960 bits per heavy atom. The Morgan fingerprint density at radius 2 is 1.44 bits per heavy atom. The summed E-state index contributed by atoms with van der Waals surface area (Å²) in [7, 11) is -2.42. The molecular weight excluding hydrogens is 324 g/mol. The highest BCUT2D eigenvalue weighted by atomic mass is 28.4. The summed E-state index contributed by atoms with van der Waals surface area (Å²) < 4.78 is 6.78. The van der Waals surface area contributed by atoms with E-state index in [9.17, 15) is 4.79 Å². The van der Waals surface area contributed by atoms with Gasteiger partial charge in [0.1, 0.15) is 6.29 Å². The summed E-state index contributed by atoms with van der Waals surface area (Å²) in [5.41, 5.74) is 0. The Labute approximate surface area is 153 Å². The van der Waals surface area contributed by atoms with Gasteiger partial charge in [-0.25, -0.2) is 0 Å². The molecule has 2 rings (SSSR count). The Morgan fingerprint density at radius 3 is 1.84 bits per heavy atom. The van der Waals surface area contributed by atoms with Crippen molar-refractivity contribution in [3.05, 3.63) is 60.7 Å². The van der Waals surface area contributed by atoms with E-state index in [1.807, 2.05) is 6.92 Å². The molecule has 0 spiro atoms. The molecule has 134 valence electrons. The van der Waals surface area contributed by atoms with Crippen LogP contribution in [0, 0.1) is 5.92 Å². The van der Waals surface area contributed by atoms with Crippen LogP contribution in [0.4, 0.5) is 0 Å². The Bertz CT molecular complexity index is 607. The van der Waals surface area contributed by atoms with Gasteiger partial charge < -0.3 is 9.22 Å². The summed E-state index contributed by atoms with van der Waals surface area (Å²) in [5, 5.41) is 2.61. The maximum absolute atomic E-state index is 10.9. The molecule has 0 bridgehead atoms. The van der Waals surface area contributed by atoms with Crippen LogP contribution >= 0.6 is 0 Å². The van der Waals surface area contributed by atoms with Crippen molar-refractivity contribution in [1.82, 2.24) is 0 Å². The van der Waals surface area contributed by atoms with Gasteiger partial charge in [0.25, 0.3) is 8.32 Å². The van der Waals surface area contributed by atoms with Crippen LogP contribution in [0.1, 0.15) is 40.5 Å². The van der Waals surface area contributed by atoms with Crippen molar-refractivity contribution in [3.63, 3.8) is 0 Å². The Hall–Kier alpha value is -1.71. The van der Waals surface area contributed by atoms with E-state index in [0.717, 1.165) is 19.1 Å². The molecule has 3 heteroatoms. The molecular formula is C22H30O2Si. The monoisotopic (exact) mass is 354 g/mol. The van der Waals surface area contributed by atoms with Crippen molar-refractivity contribution in [3.8, 4) is 0 Å². The normalized spacial score (nSPS) is 13.4. The van der Waals surface area contributed by atoms with Gasteiger partial charge in [-0.15, -0.1) is 0 Å². The molecule has 0 N–H and O–H groups in total. The molecule has 0 fully saturated rings. The molecule has 0 aliphatic carbocycles. The van der Waals surface area contributed by atoms with Crippen LogP contribution in [0.15, 0.2) is 60.7 Å². The number of hydrogen-bond donors (Lipinski definition) is 0. The van der Waals surface area contributed by atoms with Gasteiger partial charge in [0.15, 0.2) is 0 Å². The lowest BCUT2D eigenvalue weighted by atomic mass is 10.1. The van der Waals surface area contributed by atoms with Crippen molar-refractivity contribution >= 4 is 25.0 Å². The second-order valence-corrected chi connectivity index (χ2v) is 12.1. The van der Waals surface area contributed by atoms with Crippen molar-refractivity contribution < 1.29 is 9.22 Å². The number of rotatable bonds is 8. The zero-order valence-electron chi connectivity index (χ0n) is 15.9. The van der Waals surface area contributed by atoms with E-state index in [0.29, 0.717) is 6.61 Å². The number of hydrogen-bond acceptors (Lipinski definition) is 2. The molecule has 0 radical (unpaired) electrons. The molecule has 0 amide bonds. The lowest BCUT2D eigenvalue weighted by Gasteiger charge is -2.43. The second kappa shape index (κ2) is 8.59.